The quantitative estimate of drug-likeness (QED) is 0.423. The normalized spacial score (nSPS) is 11.1. The smallest absolute Gasteiger partial charge is 0.291 e. The molecule has 2 amide bonds. The van der Waals surface area contributed by atoms with Crippen molar-refractivity contribution in [1.29, 1.82) is 0 Å². The third kappa shape index (κ3) is 5.27. The fourth-order valence-corrected chi connectivity index (χ4v) is 2.57. The van der Waals surface area contributed by atoms with E-state index in [0.29, 0.717) is 11.3 Å². The van der Waals surface area contributed by atoms with Gasteiger partial charge in [0.25, 0.3) is 11.8 Å². The Bertz CT molecular complexity index is 965. The number of nitrogens with one attached hydrogen (secondary N) is 2. The largest absolute Gasteiger partial charge is 0.459 e. The average Bonchev–Trinajstić information content (AvgIpc) is 3.19. The molecule has 2 N–H and O–H groups in total. The van der Waals surface area contributed by atoms with Gasteiger partial charge in [-0.25, -0.2) is 4.39 Å². The Kier molecular flexibility index (Phi) is 6.02. The molecular formula is C20H14FIN2O3. The molecule has 1 aromatic heterocycles. The Morgan fingerprint density at radius 3 is 2.33 bits per heavy atom. The molecule has 0 unspecified atom stereocenters. The molecule has 136 valence electrons. The molecule has 5 nitrogen and oxygen atoms in total. The molecule has 0 aliphatic heterocycles. The van der Waals surface area contributed by atoms with Crippen molar-refractivity contribution in [1.82, 2.24) is 5.32 Å². The monoisotopic (exact) mass is 476 g/mol. The van der Waals surface area contributed by atoms with E-state index in [1.807, 2.05) is 12.1 Å². The molecule has 0 fully saturated rings. The molecule has 2 aromatic carbocycles. The SMILES string of the molecule is O=C(Nc1ccc(I)cc1)/C(=C/c1ccc(F)cc1)NC(=O)c1ccco1. The molecule has 3 aromatic rings. The summed E-state index contributed by atoms with van der Waals surface area (Å²) in [6, 6.07) is 15.8. The first-order chi connectivity index (χ1) is 13.0. The Morgan fingerprint density at radius 1 is 1.00 bits per heavy atom. The lowest BCUT2D eigenvalue weighted by Crippen LogP contribution is -2.30. The van der Waals surface area contributed by atoms with Gasteiger partial charge >= 0.3 is 0 Å². The van der Waals surface area contributed by atoms with E-state index in [9.17, 15) is 14.0 Å². The Balaban J connectivity index is 1.85. The van der Waals surface area contributed by atoms with Crippen LogP contribution in [0.2, 0.25) is 0 Å². The highest BCUT2D eigenvalue weighted by atomic mass is 127. The van der Waals surface area contributed by atoms with Crippen LogP contribution in [-0.2, 0) is 4.79 Å². The predicted octanol–water partition coefficient (Wildman–Crippen LogP) is 4.43. The minimum Gasteiger partial charge on any atom is -0.459 e. The highest BCUT2D eigenvalue weighted by Gasteiger charge is 2.16. The van der Waals surface area contributed by atoms with Crippen molar-refractivity contribution < 1.29 is 18.4 Å². The fourth-order valence-electron chi connectivity index (χ4n) is 2.21. The summed E-state index contributed by atoms with van der Waals surface area (Å²) >= 11 is 2.16. The molecular weight excluding hydrogens is 462 g/mol. The fraction of sp³-hybridized carbons (Fsp3) is 0. The molecule has 0 aliphatic rings. The number of amides is 2. The molecule has 0 radical (unpaired) electrons. The standard InChI is InChI=1S/C20H14FIN2O3/c21-14-5-3-13(4-6-14)12-17(24-20(26)18-2-1-11-27-18)19(25)23-16-9-7-15(22)8-10-16/h1-12H,(H,23,25)(H,24,26)/b17-12-. The van der Waals surface area contributed by atoms with Gasteiger partial charge < -0.3 is 15.1 Å². The molecule has 0 atom stereocenters. The number of rotatable bonds is 5. The molecule has 0 saturated heterocycles. The molecule has 0 spiro atoms. The number of benzene rings is 2. The number of hydrogen-bond acceptors (Lipinski definition) is 3. The van der Waals surface area contributed by atoms with E-state index in [4.69, 9.17) is 4.42 Å². The van der Waals surface area contributed by atoms with Crippen LogP contribution in [0, 0.1) is 9.39 Å². The van der Waals surface area contributed by atoms with Gasteiger partial charge in [-0.15, -0.1) is 0 Å². The molecule has 3 rings (SSSR count). The van der Waals surface area contributed by atoms with Crippen LogP contribution < -0.4 is 10.6 Å². The topological polar surface area (TPSA) is 71.3 Å². The summed E-state index contributed by atoms with van der Waals surface area (Å²) in [6.45, 7) is 0. The maximum Gasteiger partial charge on any atom is 0.291 e. The van der Waals surface area contributed by atoms with Crippen molar-refractivity contribution >= 4 is 46.2 Å². The lowest BCUT2D eigenvalue weighted by atomic mass is 10.1. The molecule has 0 saturated carbocycles. The number of hydrogen-bond donors (Lipinski definition) is 2. The van der Waals surface area contributed by atoms with Gasteiger partial charge in [0.1, 0.15) is 11.5 Å². The summed E-state index contributed by atoms with van der Waals surface area (Å²) < 4.78 is 19.2. The van der Waals surface area contributed by atoms with Crippen molar-refractivity contribution in [2.45, 2.75) is 0 Å². The zero-order valence-corrected chi connectivity index (χ0v) is 16.1. The molecule has 27 heavy (non-hydrogen) atoms. The van der Waals surface area contributed by atoms with Gasteiger partial charge in [-0.2, -0.15) is 0 Å². The van der Waals surface area contributed by atoms with Crippen LogP contribution in [0.5, 0.6) is 0 Å². The summed E-state index contributed by atoms with van der Waals surface area (Å²) in [5.41, 5.74) is 1.14. The number of carbonyl (C=O) groups is 2. The van der Waals surface area contributed by atoms with E-state index in [-0.39, 0.29) is 11.5 Å². The second-order valence-electron chi connectivity index (χ2n) is 5.50. The van der Waals surface area contributed by atoms with E-state index in [1.54, 1.807) is 18.2 Å². The molecule has 1 heterocycles. The first-order valence-corrected chi connectivity index (χ1v) is 8.98. The minimum atomic E-state index is -0.564. The molecule has 7 heteroatoms. The highest BCUT2D eigenvalue weighted by molar-refractivity contribution is 14.1. The van der Waals surface area contributed by atoms with Crippen LogP contribution in [-0.4, -0.2) is 11.8 Å². The van der Waals surface area contributed by atoms with Gasteiger partial charge in [-0.05, 0) is 82.8 Å². The van der Waals surface area contributed by atoms with Gasteiger partial charge in [-0.1, -0.05) is 12.1 Å². The summed E-state index contributed by atoms with van der Waals surface area (Å²) in [5, 5.41) is 5.26. The minimum absolute atomic E-state index is 0.00144. The summed E-state index contributed by atoms with van der Waals surface area (Å²) in [4.78, 5) is 24.9. The van der Waals surface area contributed by atoms with E-state index < -0.39 is 17.6 Å². The lowest BCUT2D eigenvalue weighted by Gasteiger charge is -2.10. The van der Waals surface area contributed by atoms with E-state index in [2.05, 4.69) is 33.2 Å². The molecule has 0 aliphatic carbocycles. The Morgan fingerprint density at radius 2 is 1.70 bits per heavy atom. The summed E-state index contributed by atoms with van der Waals surface area (Å²) in [7, 11) is 0. The number of anilines is 1. The third-order valence-electron chi connectivity index (χ3n) is 3.52. The van der Waals surface area contributed by atoms with Crippen molar-refractivity contribution in [2.24, 2.45) is 0 Å². The van der Waals surface area contributed by atoms with Gasteiger partial charge in [0, 0.05) is 9.26 Å². The van der Waals surface area contributed by atoms with Gasteiger partial charge in [0.2, 0.25) is 0 Å². The van der Waals surface area contributed by atoms with E-state index in [1.165, 1.54) is 42.7 Å². The maximum absolute atomic E-state index is 13.1. The highest BCUT2D eigenvalue weighted by Crippen LogP contribution is 2.14. The van der Waals surface area contributed by atoms with Crippen molar-refractivity contribution in [3.8, 4) is 0 Å². The second-order valence-corrected chi connectivity index (χ2v) is 6.75. The zero-order valence-electron chi connectivity index (χ0n) is 13.9. The number of halogens is 2. The average molecular weight is 476 g/mol. The van der Waals surface area contributed by atoms with Gasteiger partial charge in [0.15, 0.2) is 5.76 Å². The van der Waals surface area contributed by atoms with E-state index >= 15 is 0 Å². The third-order valence-corrected chi connectivity index (χ3v) is 4.24. The first-order valence-electron chi connectivity index (χ1n) is 7.90. The maximum atomic E-state index is 13.1. The Hall–Kier alpha value is -2.94. The van der Waals surface area contributed by atoms with Crippen molar-refractivity contribution in [2.75, 3.05) is 5.32 Å². The summed E-state index contributed by atoms with van der Waals surface area (Å²) in [5.74, 6) is -1.40. The zero-order chi connectivity index (χ0) is 19.2. The number of furan rings is 1. The summed E-state index contributed by atoms with van der Waals surface area (Å²) in [6.07, 6.45) is 2.83. The van der Waals surface area contributed by atoms with E-state index in [0.717, 1.165) is 3.57 Å². The molecule has 0 bridgehead atoms. The van der Waals surface area contributed by atoms with Crippen molar-refractivity contribution in [3.63, 3.8) is 0 Å². The second kappa shape index (κ2) is 8.63. The lowest BCUT2D eigenvalue weighted by molar-refractivity contribution is -0.113. The van der Waals surface area contributed by atoms with Gasteiger partial charge in [0.05, 0.1) is 6.26 Å². The van der Waals surface area contributed by atoms with Crippen LogP contribution in [0.25, 0.3) is 6.08 Å². The van der Waals surface area contributed by atoms with Crippen LogP contribution in [0.3, 0.4) is 0 Å². The number of carbonyl (C=O) groups excluding carboxylic acids is 2. The van der Waals surface area contributed by atoms with Crippen LogP contribution in [0.1, 0.15) is 16.1 Å². The van der Waals surface area contributed by atoms with Crippen LogP contribution in [0.15, 0.2) is 77.0 Å². The predicted molar refractivity (Wildman–Crippen MR) is 108 cm³/mol. The van der Waals surface area contributed by atoms with Crippen molar-refractivity contribution in [3.05, 3.63) is 93.3 Å². The van der Waals surface area contributed by atoms with Crippen LogP contribution in [0.4, 0.5) is 10.1 Å². The van der Waals surface area contributed by atoms with Gasteiger partial charge in [-0.3, -0.25) is 9.59 Å². The first kappa shape index (κ1) is 18.8. The Labute approximate surface area is 168 Å². The van der Waals surface area contributed by atoms with Crippen LogP contribution >= 0.6 is 22.6 Å².